The van der Waals surface area contributed by atoms with E-state index in [1.54, 1.807) is 0 Å². The lowest BCUT2D eigenvalue weighted by molar-refractivity contribution is -0.120. The van der Waals surface area contributed by atoms with E-state index in [1.807, 2.05) is 0 Å². The molecule has 1 aromatic carbocycles. The molecule has 0 aliphatic carbocycles. The van der Waals surface area contributed by atoms with Crippen molar-refractivity contribution in [3.05, 3.63) is 47.4 Å². The van der Waals surface area contributed by atoms with Crippen molar-refractivity contribution in [1.82, 2.24) is 15.5 Å². The first-order valence-electron chi connectivity index (χ1n) is 5.63. The van der Waals surface area contributed by atoms with Gasteiger partial charge in [0.1, 0.15) is 5.82 Å². The van der Waals surface area contributed by atoms with Gasteiger partial charge in [-0.25, -0.2) is 4.39 Å². The Morgan fingerprint density at radius 2 is 2.05 bits per heavy atom. The second-order valence-electron chi connectivity index (χ2n) is 3.95. The van der Waals surface area contributed by atoms with Gasteiger partial charge in [0.15, 0.2) is 6.04 Å². The van der Waals surface area contributed by atoms with Crippen LogP contribution >= 0.6 is 0 Å². The highest BCUT2D eigenvalue weighted by Crippen LogP contribution is 2.13. The van der Waals surface area contributed by atoms with E-state index in [0.717, 1.165) is 6.07 Å². The zero-order chi connectivity index (χ0) is 14.7. The summed E-state index contributed by atoms with van der Waals surface area (Å²) in [7, 11) is 0. The van der Waals surface area contributed by atoms with Crippen LogP contribution in [0, 0.1) is 12.7 Å². The minimum Gasteiger partial charge on any atom is -0.423 e. The van der Waals surface area contributed by atoms with Crippen LogP contribution in [0.3, 0.4) is 0 Å². The zero-order valence-electron chi connectivity index (χ0n) is 10.5. The molecule has 0 saturated carbocycles. The average Bonchev–Trinajstić information content (AvgIpc) is 2.82. The molecule has 1 aromatic heterocycles. The van der Waals surface area contributed by atoms with Crippen LogP contribution in [0.15, 0.2) is 28.7 Å². The number of nitrogens with two attached hydrogens (primary N) is 1. The SMILES string of the molecule is Cc1nnc(C(NC(=O)c2ccccc2F)C(N)=O)o1. The number of hydrogen-bond donors (Lipinski definition) is 2. The van der Waals surface area contributed by atoms with Gasteiger partial charge in [0.25, 0.3) is 5.91 Å². The summed E-state index contributed by atoms with van der Waals surface area (Å²) >= 11 is 0. The van der Waals surface area contributed by atoms with E-state index >= 15 is 0 Å². The molecule has 2 rings (SSSR count). The first-order valence-corrected chi connectivity index (χ1v) is 5.63. The topological polar surface area (TPSA) is 111 Å². The van der Waals surface area contributed by atoms with Gasteiger partial charge < -0.3 is 15.5 Å². The standard InChI is InChI=1S/C12H11FN4O3/c1-6-16-17-12(20-6)9(10(14)18)15-11(19)7-4-2-3-5-8(7)13/h2-5,9H,1H3,(H2,14,18)(H,15,19). The lowest BCUT2D eigenvalue weighted by Crippen LogP contribution is -2.38. The van der Waals surface area contributed by atoms with E-state index in [2.05, 4.69) is 15.5 Å². The van der Waals surface area contributed by atoms with Crippen LogP contribution in [0.25, 0.3) is 0 Å². The zero-order valence-corrected chi connectivity index (χ0v) is 10.5. The Morgan fingerprint density at radius 1 is 1.35 bits per heavy atom. The minimum atomic E-state index is -1.32. The van der Waals surface area contributed by atoms with Crippen molar-refractivity contribution in [2.75, 3.05) is 0 Å². The number of hydrogen-bond acceptors (Lipinski definition) is 5. The first-order chi connectivity index (χ1) is 9.49. The van der Waals surface area contributed by atoms with Crippen LogP contribution in [-0.2, 0) is 4.79 Å². The molecule has 2 aromatic rings. The number of benzene rings is 1. The third-order valence-corrected chi connectivity index (χ3v) is 2.47. The summed E-state index contributed by atoms with van der Waals surface area (Å²) < 4.78 is 18.5. The number of rotatable bonds is 4. The van der Waals surface area contributed by atoms with Gasteiger partial charge in [-0.05, 0) is 12.1 Å². The number of nitrogens with zero attached hydrogens (tertiary/aromatic N) is 2. The molecule has 7 nitrogen and oxygen atoms in total. The van der Waals surface area contributed by atoms with Crippen LogP contribution in [-0.4, -0.2) is 22.0 Å². The number of aromatic nitrogens is 2. The molecule has 1 unspecified atom stereocenters. The Labute approximate surface area is 113 Å². The first kappa shape index (κ1) is 13.7. The third-order valence-electron chi connectivity index (χ3n) is 2.47. The molecule has 1 heterocycles. The van der Waals surface area contributed by atoms with Crippen molar-refractivity contribution >= 4 is 11.8 Å². The van der Waals surface area contributed by atoms with Gasteiger partial charge in [0, 0.05) is 6.92 Å². The largest absolute Gasteiger partial charge is 0.423 e. The van der Waals surface area contributed by atoms with Gasteiger partial charge in [-0.2, -0.15) is 0 Å². The lowest BCUT2D eigenvalue weighted by Gasteiger charge is -2.11. The Morgan fingerprint density at radius 3 is 2.60 bits per heavy atom. The van der Waals surface area contributed by atoms with E-state index in [1.165, 1.54) is 25.1 Å². The van der Waals surface area contributed by atoms with Gasteiger partial charge in [0.05, 0.1) is 5.56 Å². The molecule has 0 saturated heterocycles. The van der Waals surface area contributed by atoms with Gasteiger partial charge in [0.2, 0.25) is 17.7 Å². The van der Waals surface area contributed by atoms with Gasteiger partial charge in [-0.1, -0.05) is 12.1 Å². The van der Waals surface area contributed by atoms with Crippen molar-refractivity contribution in [2.24, 2.45) is 5.73 Å². The molecule has 0 bridgehead atoms. The summed E-state index contributed by atoms with van der Waals surface area (Å²) in [5.74, 6) is -2.35. The molecule has 2 amide bonds. The van der Waals surface area contributed by atoms with Gasteiger partial charge >= 0.3 is 0 Å². The van der Waals surface area contributed by atoms with E-state index in [4.69, 9.17) is 10.2 Å². The highest BCUT2D eigenvalue weighted by Gasteiger charge is 2.27. The van der Waals surface area contributed by atoms with Crippen molar-refractivity contribution in [2.45, 2.75) is 13.0 Å². The monoisotopic (exact) mass is 278 g/mol. The molecular weight excluding hydrogens is 267 g/mol. The van der Waals surface area contributed by atoms with Crippen LogP contribution in [0.2, 0.25) is 0 Å². The van der Waals surface area contributed by atoms with E-state index < -0.39 is 23.7 Å². The normalized spacial score (nSPS) is 11.9. The molecule has 3 N–H and O–H groups in total. The molecule has 0 aliphatic heterocycles. The second kappa shape index (κ2) is 5.47. The number of carbonyl (C=O) groups is 2. The molecule has 0 spiro atoms. The molecule has 0 fully saturated rings. The Balaban J connectivity index is 2.23. The van der Waals surface area contributed by atoms with Gasteiger partial charge in [-0.3, -0.25) is 9.59 Å². The maximum atomic E-state index is 13.5. The molecule has 20 heavy (non-hydrogen) atoms. The van der Waals surface area contributed by atoms with Crippen molar-refractivity contribution in [1.29, 1.82) is 0 Å². The Hall–Kier alpha value is -2.77. The van der Waals surface area contributed by atoms with Crippen LogP contribution in [0.5, 0.6) is 0 Å². The summed E-state index contributed by atoms with van der Waals surface area (Å²) in [6, 6.07) is 4.03. The Bertz CT molecular complexity index is 656. The van der Waals surface area contributed by atoms with E-state index in [9.17, 15) is 14.0 Å². The highest BCUT2D eigenvalue weighted by atomic mass is 19.1. The molecule has 1 atom stereocenters. The third kappa shape index (κ3) is 2.79. The number of carbonyl (C=O) groups excluding carboxylic acids is 2. The average molecular weight is 278 g/mol. The Kier molecular flexibility index (Phi) is 3.74. The molecule has 104 valence electrons. The van der Waals surface area contributed by atoms with E-state index in [-0.39, 0.29) is 17.3 Å². The second-order valence-corrected chi connectivity index (χ2v) is 3.95. The van der Waals surface area contributed by atoms with Gasteiger partial charge in [-0.15, -0.1) is 10.2 Å². The fourth-order valence-electron chi connectivity index (χ4n) is 1.54. The summed E-state index contributed by atoms with van der Waals surface area (Å²) in [6.07, 6.45) is 0. The van der Waals surface area contributed by atoms with E-state index in [0.29, 0.717) is 0 Å². The van der Waals surface area contributed by atoms with Crippen molar-refractivity contribution < 1.29 is 18.4 Å². The van der Waals surface area contributed by atoms with Crippen LogP contribution in [0.4, 0.5) is 4.39 Å². The number of nitrogens with one attached hydrogen (secondary N) is 1. The summed E-state index contributed by atoms with van der Waals surface area (Å²) in [6.45, 7) is 1.52. The van der Waals surface area contributed by atoms with Crippen LogP contribution in [0.1, 0.15) is 28.2 Å². The fourth-order valence-corrected chi connectivity index (χ4v) is 1.54. The quantitative estimate of drug-likeness (QED) is 0.844. The summed E-state index contributed by atoms with van der Waals surface area (Å²) in [5.41, 5.74) is 4.95. The number of amides is 2. The summed E-state index contributed by atoms with van der Waals surface area (Å²) in [5, 5.41) is 9.40. The number of halogens is 1. The minimum absolute atomic E-state index is 0.153. The number of aryl methyl sites for hydroxylation is 1. The highest BCUT2D eigenvalue weighted by molar-refractivity contribution is 5.97. The smallest absolute Gasteiger partial charge is 0.255 e. The van der Waals surface area contributed by atoms with Crippen molar-refractivity contribution in [3.8, 4) is 0 Å². The number of primary amides is 1. The predicted molar refractivity (Wildman–Crippen MR) is 64.8 cm³/mol. The molecule has 0 aliphatic rings. The molecule has 0 radical (unpaired) electrons. The maximum absolute atomic E-state index is 13.5. The molecule has 8 heteroatoms. The summed E-state index contributed by atoms with van der Waals surface area (Å²) in [4.78, 5) is 23.3. The molecular formula is C12H11FN4O3. The predicted octanol–water partition coefficient (Wildman–Crippen LogP) is 0.474. The maximum Gasteiger partial charge on any atom is 0.255 e. The van der Waals surface area contributed by atoms with Crippen molar-refractivity contribution in [3.63, 3.8) is 0 Å². The van der Waals surface area contributed by atoms with Crippen LogP contribution < -0.4 is 11.1 Å². The fraction of sp³-hybridized carbons (Fsp3) is 0.167. The lowest BCUT2D eigenvalue weighted by atomic mass is 10.1.